The number of nitrogens with zero attached hydrogens (tertiary/aromatic N) is 4. The molecule has 1 aliphatic heterocycles. The van der Waals surface area contributed by atoms with Gasteiger partial charge < -0.3 is 10.2 Å². The molecule has 7 heteroatoms. The lowest BCUT2D eigenvalue weighted by Gasteiger charge is -2.46. The van der Waals surface area contributed by atoms with Crippen LogP contribution in [0.25, 0.3) is 10.9 Å². The predicted molar refractivity (Wildman–Crippen MR) is 122 cm³/mol. The number of aryl methyl sites for hydroxylation is 1. The fourth-order valence-electron chi connectivity index (χ4n) is 4.98. The van der Waals surface area contributed by atoms with Crippen molar-refractivity contribution in [1.82, 2.24) is 19.8 Å². The van der Waals surface area contributed by atoms with Crippen molar-refractivity contribution < 1.29 is 9.59 Å². The van der Waals surface area contributed by atoms with E-state index < -0.39 is 0 Å². The SMILES string of the molecule is Cc1ccc2ncnc(NCC(=O)CC3CN(C4CCC(C(=O)N(C)C)CC4)C3)c2c1. The standard InChI is InChI=1S/C24H33N5O2/c1-16-4-9-22-21(10-16)23(27-15-26-22)25-12-20(30)11-17-13-29(14-17)19-7-5-18(6-8-19)24(31)28(2)3/h4,9-10,15,17-19H,5-8,11-14H2,1-3H3,(H,25,26,27). The summed E-state index contributed by atoms with van der Waals surface area (Å²) in [5.74, 6) is 1.85. The molecule has 0 bridgehead atoms. The number of amides is 1. The molecule has 7 nitrogen and oxygen atoms in total. The second-order valence-corrected chi connectivity index (χ2v) is 9.40. The number of carbonyl (C=O) groups excluding carboxylic acids is 2. The molecule has 1 saturated carbocycles. The van der Waals surface area contributed by atoms with Crippen molar-refractivity contribution in [3.05, 3.63) is 30.1 Å². The van der Waals surface area contributed by atoms with E-state index in [1.165, 1.54) is 6.33 Å². The quantitative estimate of drug-likeness (QED) is 0.738. The third kappa shape index (κ3) is 5.03. The number of rotatable bonds is 7. The van der Waals surface area contributed by atoms with Gasteiger partial charge in [-0.05, 0) is 50.7 Å². The summed E-state index contributed by atoms with van der Waals surface area (Å²) in [5.41, 5.74) is 2.03. The zero-order valence-corrected chi connectivity index (χ0v) is 18.8. The Morgan fingerprint density at radius 3 is 2.58 bits per heavy atom. The number of nitrogens with one attached hydrogen (secondary N) is 1. The average molecular weight is 424 g/mol. The Morgan fingerprint density at radius 2 is 1.87 bits per heavy atom. The van der Waals surface area contributed by atoms with Crippen LogP contribution in [0.2, 0.25) is 0 Å². The van der Waals surface area contributed by atoms with E-state index in [4.69, 9.17) is 0 Å². The molecule has 1 amide bonds. The number of hydrogen-bond acceptors (Lipinski definition) is 6. The number of carbonyl (C=O) groups is 2. The van der Waals surface area contributed by atoms with Crippen molar-refractivity contribution >= 4 is 28.4 Å². The molecule has 1 saturated heterocycles. The molecule has 2 heterocycles. The summed E-state index contributed by atoms with van der Waals surface area (Å²) in [7, 11) is 3.68. The summed E-state index contributed by atoms with van der Waals surface area (Å²) in [5, 5.41) is 4.17. The summed E-state index contributed by atoms with van der Waals surface area (Å²) in [6.07, 6.45) is 6.30. The second kappa shape index (κ2) is 9.30. The van der Waals surface area contributed by atoms with Crippen molar-refractivity contribution in [2.24, 2.45) is 11.8 Å². The maximum atomic E-state index is 12.5. The topological polar surface area (TPSA) is 78.4 Å². The first-order valence-corrected chi connectivity index (χ1v) is 11.3. The lowest BCUT2D eigenvalue weighted by Crippen LogP contribution is -2.54. The van der Waals surface area contributed by atoms with Crippen LogP contribution in [-0.2, 0) is 9.59 Å². The molecular formula is C24H33N5O2. The normalized spacial score (nSPS) is 22.2. The molecule has 1 N–H and O–H groups in total. The van der Waals surface area contributed by atoms with E-state index in [2.05, 4.69) is 20.2 Å². The first kappa shape index (κ1) is 21.7. The fraction of sp³-hybridized carbons (Fsp3) is 0.583. The maximum Gasteiger partial charge on any atom is 0.225 e. The molecule has 0 unspecified atom stereocenters. The van der Waals surface area contributed by atoms with Gasteiger partial charge in [-0.25, -0.2) is 9.97 Å². The summed E-state index contributed by atoms with van der Waals surface area (Å²) >= 11 is 0. The van der Waals surface area contributed by atoms with Gasteiger partial charge in [0.05, 0.1) is 12.1 Å². The lowest BCUT2D eigenvalue weighted by atomic mass is 9.82. The Morgan fingerprint density at radius 1 is 1.13 bits per heavy atom. The molecule has 1 aromatic heterocycles. The van der Waals surface area contributed by atoms with Crippen molar-refractivity contribution in [3.8, 4) is 0 Å². The fourth-order valence-corrected chi connectivity index (χ4v) is 4.98. The Hall–Kier alpha value is -2.54. The molecule has 0 atom stereocenters. The molecule has 0 radical (unpaired) electrons. The molecule has 166 valence electrons. The minimum absolute atomic E-state index is 0.192. The van der Waals surface area contributed by atoms with Crippen LogP contribution in [0.4, 0.5) is 5.82 Å². The molecule has 4 rings (SSSR count). The van der Waals surface area contributed by atoms with Gasteiger partial charge in [-0.15, -0.1) is 0 Å². The number of anilines is 1. The minimum atomic E-state index is 0.192. The Bertz CT molecular complexity index is 946. The molecule has 2 aliphatic rings. The molecule has 1 aromatic carbocycles. The van der Waals surface area contributed by atoms with Crippen molar-refractivity contribution in [2.75, 3.05) is 39.0 Å². The van der Waals surface area contributed by atoms with E-state index in [1.54, 1.807) is 4.90 Å². The molecule has 31 heavy (non-hydrogen) atoms. The molecule has 1 aliphatic carbocycles. The van der Waals surface area contributed by atoms with Gasteiger partial charge in [0.15, 0.2) is 5.78 Å². The largest absolute Gasteiger partial charge is 0.362 e. The summed E-state index contributed by atoms with van der Waals surface area (Å²) in [6.45, 7) is 4.33. The minimum Gasteiger partial charge on any atom is -0.362 e. The summed E-state index contributed by atoms with van der Waals surface area (Å²) in [6, 6.07) is 6.63. The third-order valence-corrected chi connectivity index (χ3v) is 6.75. The molecule has 0 spiro atoms. The third-order valence-electron chi connectivity index (χ3n) is 6.75. The summed E-state index contributed by atoms with van der Waals surface area (Å²) in [4.78, 5) is 37.5. The number of benzene rings is 1. The van der Waals surface area contributed by atoms with Crippen LogP contribution in [0.1, 0.15) is 37.7 Å². The van der Waals surface area contributed by atoms with Gasteiger partial charge in [0.1, 0.15) is 12.1 Å². The average Bonchev–Trinajstić information content (AvgIpc) is 2.74. The van der Waals surface area contributed by atoms with Crippen molar-refractivity contribution in [3.63, 3.8) is 0 Å². The first-order valence-electron chi connectivity index (χ1n) is 11.3. The van der Waals surface area contributed by atoms with Crippen LogP contribution in [0.15, 0.2) is 24.5 Å². The first-order chi connectivity index (χ1) is 14.9. The Kier molecular flexibility index (Phi) is 6.51. The highest BCUT2D eigenvalue weighted by atomic mass is 16.2. The zero-order valence-electron chi connectivity index (χ0n) is 18.8. The van der Waals surface area contributed by atoms with E-state index in [0.29, 0.717) is 24.9 Å². The van der Waals surface area contributed by atoms with Gasteiger partial charge in [-0.2, -0.15) is 0 Å². The van der Waals surface area contributed by atoms with Gasteiger partial charge >= 0.3 is 0 Å². The van der Waals surface area contributed by atoms with Crippen molar-refractivity contribution in [1.29, 1.82) is 0 Å². The Balaban J connectivity index is 1.20. The van der Waals surface area contributed by atoms with Gasteiger partial charge in [-0.3, -0.25) is 14.5 Å². The highest BCUT2D eigenvalue weighted by Gasteiger charge is 2.36. The smallest absolute Gasteiger partial charge is 0.225 e. The van der Waals surface area contributed by atoms with E-state index >= 15 is 0 Å². The number of likely N-dealkylation sites (tertiary alicyclic amines) is 1. The van der Waals surface area contributed by atoms with Gasteiger partial charge in [0.2, 0.25) is 5.91 Å². The van der Waals surface area contributed by atoms with Crippen LogP contribution in [-0.4, -0.2) is 71.2 Å². The number of hydrogen-bond donors (Lipinski definition) is 1. The van der Waals surface area contributed by atoms with E-state index in [-0.39, 0.29) is 17.6 Å². The van der Waals surface area contributed by atoms with Crippen LogP contribution >= 0.6 is 0 Å². The highest BCUT2D eigenvalue weighted by Crippen LogP contribution is 2.33. The van der Waals surface area contributed by atoms with Gasteiger partial charge in [-0.1, -0.05) is 11.6 Å². The predicted octanol–water partition coefficient (Wildman–Crippen LogP) is 2.89. The monoisotopic (exact) mass is 423 g/mol. The number of Topliss-reactive ketones (excluding diaryl/α,β-unsaturated/α-hetero) is 1. The van der Waals surface area contributed by atoms with Crippen LogP contribution in [0, 0.1) is 18.8 Å². The van der Waals surface area contributed by atoms with E-state index in [1.807, 2.05) is 39.2 Å². The molecule has 2 fully saturated rings. The van der Waals surface area contributed by atoms with Gasteiger partial charge in [0, 0.05) is 51.0 Å². The van der Waals surface area contributed by atoms with Crippen molar-refractivity contribution in [2.45, 2.75) is 45.1 Å². The zero-order chi connectivity index (χ0) is 22.0. The van der Waals surface area contributed by atoms with Gasteiger partial charge in [0.25, 0.3) is 0 Å². The Labute approximate surface area is 184 Å². The van der Waals surface area contributed by atoms with Crippen LogP contribution < -0.4 is 5.32 Å². The number of aromatic nitrogens is 2. The van der Waals surface area contributed by atoms with Crippen LogP contribution in [0.5, 0.6) is 0 Å². The highest BCUT2D eigenvalue weighted by molar-refractivity contribution is 5.91. The van der Waals surface area contributed by atoms with E-state index in [9.17, 15) is 9.59 Å². The van der Waals surface area contributed by atoms with Crippen LogP contribution in [0.3, 0.4) is 0 Å². The number of fused-ring (bicyclic) bond motifs is 1. The van der Waals surface area contributed by atoms with E-state index in [0.717, 1.165) is 61.1 Å². The second-order valence-electron chi connectivity index (χ2n) is 9.40. The lowest BCUT2D eigenvalue weighted by molar-refractivity contribution is -0.134. The maximum absolute atomic E-state index is 12.5. The molecular weight excluding hydrogens is 390 g/mol. The molecule has 2 aromatic rings. The number of ketones is 1. The summed E-state index contributed by atoms with van der Waals surface area (Å²) < 4.78 is 0.